The Balaban J connectivity index is 1.88. The molecule has 28 heavy (non-hydrogen) atoms. The van der Waals surface area contributed by atoms with E-state index in [1.165, 1.54) is 0 Å². The van der Waals surface area contributed by atoms with Crippen LogP contribution in [-0.4, -0.2) is 34.2 Å². The van der Waals surface area contributed by atoms with Gasteiger partial charge in [-0.05, 0) is 30.3 Å². The van der Waals surface area contributed by atoms with Gasteiger partial charge in [0.05, 0.1) is 30.8 Å². The second-order valence-electron chi connectivity index (χ2n) is 6.03. The van der Waals surface area contributed by atoms with Crippen LogP contribution in [0.4, 0.5) is 5.95 Å². The number of aromatic nitrogens is 4. The maximum absolute atomic E-state index is 12.4. The number of para-hydroxylation sites is 1. The molecule has 0 aliphatic heterocycles. The van der Waals surface area contributed by atoms with Crippen molar-refractivity contribution in [2.24, 2.45) is 0 Å². The molecule has 2 heterocycles. The summed E-state index contributed by atoms with van der Waals surface area (Å²) < 4.78 is 10.6. The summed E-state index contributed by atoms with van der Waals surface area (Å²) in [6, 6.07) is 14.2. The maximum atomic E-state index is 12.4. The summed E-state index contributed by atoms with van der Waals surface area (Å²) in [5.74, 6) is 1.61. The van der Waals surface area contributed by atoms with Gasteiger partial charge >= 0.3 is 0 Å². The van der Waals surface area contributed by atoms with E-state index in [4.69, 9.17) is 15.2 Å². The number of anilines is 1. The van der Waals surface area contributed by atoms with Crippen molar-refractivity contribution in [3.05, 3.63) is 58.9 Å². The highest BCUT2D eigenvalue weighted by molar-refractivity contribution is 5.79. The molecular weight excluding hydrogens is 358 g/mol. The highest BCUT2D eigenvalue weighted by Gasteiger charge is 2.12. The number of aromatic amines is 1. The number of H-pyrrole nitrogens is 1. The summed E-state index contributed by atoms with van der Waals surface area (Å²) in [7, 11) is 3.14. The Labute approximate surface area is 160 Å². The van der Waals surface area contributed by atoms with Gasteiger partial charge in [-0.1, -0.05) is 12.1 Å². The Morgan fingerprint density at radius 3 is 2.29 bits per heavy atom. The second-order valence-corrected chi connectivity index (χ2v) is 6.03. The molecule has 0 aliphatic rings. The van der Waals surface area contributed by atoms with Crippen LogP contribution >= 0.6 is 0 Å². The fourth-order valence-corrected chi connectivity index (χ4v) is 2.90. The van der Waals surface area contributed by atoms with E-state index < -0.39 is 0 Å². The van der Waals surface area contributed by atoms with E-state index in [2.05, 4.69) is 19.9 Å². The number of hydrogen-bond donors (Lipinski definition) is 2. The van der Waals surface area contributed by atoms with E-state index in [0.29, 0.717) is 39.6 Å². The quantitative estimate of drug-likeness (QED) is 0.563. The van der Waals surface area contributed by atoms with Crippen molar-refractivity contribution in [1.29, 1.82) is 0 Å². The standard InChI is InChI=1S/C20H17N5O3/c1-27-12-7-11(8-13(9-12)28-2)16-10-17(24-20(21)23-16)18-22-15-6-4-3-5-14(15)19(26)25-18/h3-10H,1-2H3,(H2,21,23,24)(H,22,25,26). The number of nitrogen functional groups attached to an aromatic ring is 1. The van der Waals surface area contributed by atoms with Crippen LogP contribution in [0.15, 0.2) is 53.3 Å². The third-order valence-electron chi connectivity index (χ3n) is 4.25. The monoisotopic (exact) mass is 375 g/mol. The van der Waals surface area contributed by atoms with Gasteiger partial charge in [0.1, 0.15) is 17.2 Å². The molecule has 0 saturated carbocycles. The SMILES string of the molecule is COc1cc(OC)cc(-c2cc(-c3nc4ccccc4c(=O)[nH]3)nc(N)n2)c1. The van der Waals surface area contributed by atoms with Gasteiger partial charge in [0.15, 0.2) is 5.82 Å². The zero-order valence-electron chi connectivity index (χ0n) is 15.3. The molecule has 8 heteroatoms. The molecule has 3 N–H and O–H groups in total. The lowest BCUT2D eigenvalue weighted by Gasteiger charge is -2.10. The Morgan fingerprint density at radius 1 is 0.893 bits per heavy atom. The van der Waals surface area contributed by atoms with Crippen molar-refractivity contribution in [2.45, 2.75) is 0 Å². The fraction of sp³-hybridized carbons (Fsp3) is 0.100. The van der Waals surface area contributed by atoms with Crippen molar-refractivity contribution in [3.8, 4) is 34.3 Å². The third kappa shape index (κ3) is 3.23. The Kier molecular flexibility index (Phi) is 4.36. The van der Waals surface area contributed by atoms with E-state index in [-0.39, 0.29) is 11.5 Å². The van der Waals surface area contributed by atoms with Gasteiger partial charge in [0.2, 0.25) is 5.95 Å². The molecule has 0 radical (unpaired) electrons. The highest BCUT2D eigenvalue weighted by atomic mass is 16.5. The predicted octanol–water partition coefficient (Wildman–Crippen LogP) is 2.65. The van der Waals surface area contributed by atoms with Crippen LogP contribution in [0.3, 0.4) is 0 Å². The Morgan fingerprint density at radius 2 is 1.57 bits per heavy atom. The molecule has 0 unspecified atom stereocenters. The number of fused-ring (bicyclic) bond motifs is 1. The normalized spacial score (nSPS) is 10.8. The molecule has 4 aromatic rings. The Bertz CT molecular complexity index is 1210. The highest BCUT2D eigenvalue weighted by Crippen LogP contribution is 2.30. The molecule has 0 aliphatic carbocycles. The number of benzene rings is 2. The molecule has 0 bridgehead atoms. The van der Waals surface area contributed by atoms with Crippen LogP contribution in [0.1, 0.15) is 0 Å². The smallest absolute Gasteiger partial charge is 0.259 e. The molecule has 2 aromatic heterocycles. The van der Waals surface area contributed by atoms with Crippen molar-refractivity contribution < 1.29 is 9.47 Å². The summed E-state index contributed by atoms with van der Waals surface area (Å²) in [5.41, 5.74) is 7.94. The summed E-state index contributed by atoms with van der Waals surface area (Å²) in [6.45, 7) is 0. The molecule has 140 valence electrons. The third-order valence-corrected chi connectivity index (χ3v) is 4.25. The van der Waals surface area contributed by atoms with E-state index in [9.17, 15) is 4.79 Å². The average Bonchev–Trinajstić information content (AvgIpc) is 2.72. The zero-order valence-corrected chi connectivity index (χ0v) is 15.3. The second kappa shape index (κ2) is 6.99. The molecule has 0 amide bonds. The molecule has 0 saturated heterocycles. The van der Waals surface area contributed by atoms with Crippen molar-refractivity contribution in [2.75, 3.05) is 20.0 Å². The van der Waals surface area contributed by atoms with Gasteiger partial charge in [-0.25, -0.2) is 15.0 Å². The molecule has 8 nitrogen and oxygen atoms in total. The molecule has 0 fully saturated rings. The first-order chi connectivity index (χ1) is 13.6. The van der Waals surface area contributed by atoms with Crippen molar-refractivity contribution in [3.63, 3.8) is 0 Å². The number of methoxy groups -OCH3 is 2. The number of hydrogen-bond acceptors (Lipinski definition) is 7. The molecule has 0 atom stereocenters. The number of nitrogens with two attached hydrogens (primary N) is 1. The molecular formula is C20H17N5O3. The van der Waals surface area contributed by atoms with E-state index in [0.717, 1.165) is 5.56 Å². The van der Waals surface area contributed by atoms with Crippen LogP contribution in [0.5, 0.6) is 11.5 Å². The maximum Gasteiger partial charge on any atom is 0.259 e. The van der Waals surface area contributed by atoms with Crippen LogP contribution in [-0.2, 0) is 0 Å². The minimum absolute atomic E-state index is 0.0603. The fourth-order valence-electron chi connectivity index (χ4n) is 2.90. The first-order valence-electron chi connectivity index (χ1n) is 8.45. The van der Waals surface area contributed by atoms with Gasteiger partial charge < -0.3 is 20.2 Å². The van der Waals surface area contributed by atoms with Gasteiger partial charge in [-0.15, -0.1) is 0 Å². The largest absolute Gasteiger partial charge is 0.497 e. The van der Waals surface area contributed by atoms with Crippen LogP contribution in [0, 0.1) is 0 Å². The lowest BCUT2D eigenvalue weighted by Crippen LogP contribution is -2.10. The van der Waals surface area contributed by atoms with Crippen molar-refractivity contribution in [1.82, 2.24) is 19.9 Å². The number of nitrogens with zero attached hydrogens (tertiary/aromatic N) is 3. The molecule has 4 rings (SSSR count). The molecule has 2 aromatic carbocycles. The summed E-state index contributed by atoms with van der Waals surface area (Å²) in [6.07, 6.45) is 0. The zero-order chi connectivity index (χ0) is 19.7. The lowest BCUT2D eigenvalue weighted by atomic mass is 10.1. The Hall–Kier alpha value is -3.94. The summed E-state index contributed by atoms with van der Waals surface area (Å²) in [5, 5.41) is 0.506. The number of ether oxygens (including phenoxy) is 2. The van der Waals surface area contributed by atoms with Crippen LogP contribution in [0.25, 0.3) is 33.7 Å². The van der Waals surface area contributed by atoms with E-state index >= 15 is 0 Å². The minimum atomic E-state index is -0.248. The van der Waals surface area contributed by atoms with Gasteiger partial charge in [0.25, 0.3) is 5.56 Å². The van der Waals surface area contributed by atoms with Gasteiger partial charge in [0, 0.05) is 11.6 Å². The first-order valence-corrected chi connectivity index (χ1v) is 8.45. The first kappa shape index (κ1) is 17.5. The van der Waals surface area contributed by atoms with Crippen molar-refractivity contribution >= 4 is 16.9 Å². The lowest BCUT2D eigenvalue weighted by molar-refractivity contribution is 0.394. The molecule has 0 spiro atoms. The van der Waals surface area contributed by atoms with Gasteiger partial charge in [-0.3, -0.25) is 4.79 Å². The number of rotatable bonds is 4. The van der Waals surface area contributed by atoms with E-state index in [1.807, 2.05) is 18.2 Å². The summed E-state index contributed by atoms with van der Waals surface area (Å²) >= 11 is 0. The van der Waals surface area contributed by atoms with Crippen LogP contribution < -0.4 is 20.8 Å². The summed E-state index contributed by atoms with van der Waals surface area (Å²) in [4.78, 5) is 28.2. The topological polar surface area (TPSA) is 116 Å². The van der Waals surface area contributed by atoms with Gasteiger partial charge in [-0.2, -0.15) is 0 Å². The minimum Gasteiger partial charge on any atom is -0.497 e. The van der Waals surface area contributed by atoms with E-state index in [1.54, 1.807) is 44.6 Å². The number of nitrogens with one attached hydrogen (secondary N) is 1. The van der Waals surface area contributed by atoms with Crippen LogP contribution in [0.2, 0.25) is 0 Å². The average molecular weight is 375 g/mol. The predicted molar refractivity (Wildman–Crippen MR) is 106 cm³/mol.